The first-order valence-electron chi connectivity index (χ1n) is 9.79. The van der Waals surface area contributed by atoms with Crippen molar-refractivity contribution >= 4 is 28.9 Å². The van der Waals surface area contributed by atoms with Gasteiger partial charge in [0.05, 0.1) is 5.69 Å². The molecule has 2 aromatic carbocycles. The molecule has 2 aromatic rings. The van der Waals surface area contributed by atoms with E-state index in [4.69, 9.17) is 4.74 Å². The Morgan fingerprint density at radius 3 is 2.68 bits per heavy atom. The Morgan fingerprint density at radius 1 is 1.11 bits per heavy atom. The lowest BCUT2D eigenvalue weighted by atomic mass is 10.1. The number of hydrogen-bond donors (Lipinski definition) is 1. The number of carbonyl (C=O) groups excluding carboxylic acids is 2. The molecule has 2 aliphatic rings. The minimum absolute atomic E-state index is 0.00971. The smallest absolute Gasteiger partial charge is 0.265 e. The molecule has 2 aliphatic heterocycles. The first kappa shape index (κ1) is 18.3. The minimum Gasteiger partial charge on any atom is -0.482 e. The van der Waals surface area contributed by atoms with Gasteiger partial charge in [0.1, 0.15) is 5.75 Å². The number of rotatable bonds is 5. The number of aryl methyl sites for hydroxylation is 1. The van der Waals surface area contributed by atoms with Gasteiger partial charge < -0.3 is 19.9 Å². The fourth-order valence-electron chi connectivity index (χ4n) is 3.88. The molecule has 0 aromatic heterocycles. The molecule has 1 N–H and O–H groups in total. The number of benzene rings is 2. The van der Waals surface area contributed by atoms with Gasteiger partial charge in [-0.2, -0.15) is 0 Å². The van der Waals surface area contributed by atoms with Crippen molar-refractivity contribution in [1.29, 1.82) is 0 Å². The van der Waals surface area contributed by atoms with Crippen LogP contribution < -0.4 is 19.9 Å². The molecule has 1 fully saturated rings. The molecule has 4 rings (SSSR count). The zero-order chi connectivity index (χ0) is 19.5. The molecule has 0 radical (unpaired) electrons. The lowest BCUT2D eigenvalue weighted by Crippen LogP contribution is -2.40. The summed E-state index contributed by atoms with van der Waals surface area (Å²) in [6, 6.07) is 13.4. The topological polar surface area (TPSA) is 61.9 Å². The van der Waals surface area contributed by atoms with Gasteiger partial charge in [0.25, 0.3) is 5.91 Å². The Hall–Kier alpha value is -3.02. The zero-order valence-corrected chi connectivity index (χ0v) is 16.1. The van der Waals surface area contributed by atoms with Crippen molar-refractivity contribution < 1.29 is 14.3 Å². The molecule has 0 aliphatic carbocycles. The Balaban J connectivity index is 1.37. The van der Waals surface area contributed by atoms with E-state index in [0.717, 1.165) is 30.0 Å². The van der Waals surface area contributed by atoms with Crippen molar-refractivity contribution in [3.05, 3.63) is 48.0 Å². The third kappa shape index (κ3) is 3.81. The molecule has 1 saturated heterocycles. The summed E-state index contributed by atoms with van der Waals surface area (Å²) in [7, 11) is 0. The van der Waals surface area contributed by atoms with E-state index in [9.17, 15) is 9.59 Å². The maximum Gasteiger partial charge on any atom is 0.265 e. The molecule has 0 bridgehead atoms. The third-order valence-electron chi connectivity index (χ3n) is 5.30. The predicted octanol–water partition coefficient (Wildman–Crippen LogP) is 3.35. The van der Waals surface area contributed by atoms with E-state index in [1.807, 2.05) is 36.4 Å². The molecule has 0 saturated carbocycles. The molecule has 2 amide bonds. The average molecular weight is 379 g/mol. The van der Waals surface area contributed by atoms with Crippen LogP contribution in [0.25, 0.3) is 0 Å². The molecule has 0 spiro atoms. The molecule has 2 heterocycles. The standard InChI is InChI=1S/C22H25N3O3/c1-16-14-17(8-9-18(16)24-11-4-5-12-24)23-21(26)10-13-25-19-6-2-3-7-20(19)28-15-22(25)27/h2-3,6-9,14H,4-5,10-13,15H2,1H3,(H,23,26). The van der Waals surface area contributed by atoms with E-state index in [1.165, 1.54) is 18.5 Å². The number of nitrogens with one attached hydrogen (secondary N) is 1. The fraction of sp³-hybridized carbons (Fsp3) is 0.364. The maximum absolute atomic E-state index is 12.4. The van der Waals surface area contributed by atoms with Crippen molar-refractivity contribution in [2.24, 2.45) is 0 Å². The third-order valence-corrected chi connectivity index (χ3v) is 5.30. The molecule has 6 heteroatoms. The van der Waals surface area contributed by atoms with Crippen molar-refractivity contribution in [2.45, 2.75) is 26.2 Å². The molecule has 0 unspecified atom stereocenters. The van der Waals surface area contributed by atoms with Gasteiger partial charge in [-0.15, -0.1) is 0 Å². The second kappa shape index (κ2) is 7.92. The van der Waals surface area contributed by atoms with Crippen LogP contribution in [0.2, 0.25) is 0 Å². The van der Waals surface area contributed by atoms with Crippen LogP contribution in [-0.2, 0) is 9.59 Å². The largest absolute Gasteiger partial charge is 0.482 e. The van der Waals surface area contributed by atoms with Crippen LogP contribution in [0.1, 0.15) is 24.8 Å². The number of carbonyl (C=O) groups is 2. The molecular weight excluding hydrogens is 354 g/mol. The number of nitrogens with zero attached hydrogens (tertiary/aromatic N) is 2. The van der Waals surface area contributed by atoms with E-state index < -0.39 is 0 Å². The van der Waals surface area contributed by atoms with Crippen molar-refractivity contribution in [3.8, 4) is 5.75 Å². The first-order chi connectivity index (χ1) is 13.6. The highest BCUT2D eigenvalue weighted by molar-refractivity contribution is 5.99. The van der Waals surface area contributed by atoms with E-state index >= 15 is 0 Å². The quantitative estimate of drug-likeness (QED) is 0.865. The van der Waals surface area contributed by atoms with E-state index in [1.54, 1.807) is 4.90 Å². The summed E-state index contributed by atoms with van der Waals surface area (Å²) in [5.74, 6) is 0.443. The summed E-state index contributed by atoms with van der Waals surface area (Å²) in [4.78, 5) is 28.7. The lowest BCUT2D eigenvalue weighted by molar-refractivity contribution is -0.121. The normalized spacial score (nSPS) is 16.0. The summed E-state index contributed by atoms with van der Waals surface area (Å²) in [6.07, 6.45) is 2.70. The van der Waals surface area contributed by atoms with Gasteiger partial charge >= 0.3 is 0 Å². The van der Waals surface area contributed by atoms with Gasteiger partial charge in [0.2, 0.25) is 5.91 Å². The number of hydrogen-bond acceptors (Lipinski definition) is 4. The number of amides is 2. The number of para-hydroxylation sites is 2. The summed E-state index contributed by atoms with van der Waals surface area (Å²) >= 11 is 0. The van der Waals surface area contributed by atoms with Crippen LogP contribution >= 0.6 is 0 Å². The van der Waals surface area contributed by atoms with Crippen LogP contribution in [0.4, 0.5) is 17.1 Å². The predicted molar refractivity (Wildman–Crippen MR) is 110 cm³/mol. The van der Waals surface area contributed by atoms with Crippen LogP contribution in [0.5, 0.6) is 5.75 Å². The Bertz CT molecular complexity index is 890. The summed E-state index contributed by atoms with van der Waals surface area (Å²) in [6.45, 7) is 4.61. The number of fused-ring (bicyclic) bond motifs is 1. The molecule has 0 atom stereocenters. The van der Waals surface area contributed by atoms with Crippen LogP contribution in [0, 0.1) is 6.92 Å². The number of anilines is 3. The minimum atomic E-state index is -0.127. The van der Waals surface area contributed by atoms with Gasteiger partial charge in [-0.3, -0.25) is 9.59 Å². The monoisotopic (exact) mass is 379 g/mol. The van der Waals surface area contributed by atoms with Crippen molar-refractivity contribution in [3.63, 3.8) is 0 Å². The second-order valence-electron chi connectivity index (χ2n) is 7.30. The zero-order valence-electron chi connectivity index (χ0n) is 16.1. The SMILES string of the molecule is Cc1cc(NC(=O)CCN2C(=O)COc3ccccc32)ccc1N1CCCC1. The van der Waals surface area contributed by atoms with Crippen molar-refractivity contribution in [1.82, 2.24) is 0 Å². The lowest BCUT2D eigenvalue weighted by Gasteiger charge is -2.29. The van der Waals surface area contributed by atoms with E-state index in [0.29, 0.717) is 12.3 Å². The van der Waals surface area contributed by atoms with Gasteiger partial charge in [-0.1, -0.05) is 12.1 Å². The molecule has 6 nitrogen and oxygen atoms in total. The van der Waals surface area contributed by atoms with Crippen LogP contribution in [0.3, 0.4) is 0 Å². The highest BCUT2D eigenvalue weighted by atomic mass is 16.5. The highest BCUT2D eigenvalue weighted by Crippen LogP contribution is 2.31. The van der Waals surface area contributed by atoms with Crippen molar-refractivity contribution in [2.75, 3.05) is 41.4 Å². The highest BCUT2D eigenvalue weighted by Gasteiger charge is 2.25. The molecular formula is C22H25N3O3. The van der Waals surface area contributed by atoms with Crippen LogP contribution in [-0.4, -0.2) is 38.1 Å². The van der Waals surface area contributed by atoms with Crippen LogP contribution in [0.15, 0.2) is 42.5 Å². The molecule has 28 heavy (non-hydrogen) atoms. The van der Waals surface area contributed by atoms with E-state index in [2.05, 4.69) is 23.2 Å². The van der Waals surface area contributed by atoms with Gasteiger partial charge in [0.15, 0.2) is 6.61 Å². The van der Waals surface area contributed by atoms with Gasteiger partial charge in [-0.05, 0) is 55.7 Å². The number of ether oxygens (including phenoxy) is 1. The Morgan fingerprint density at radius 2 is 1.89 bits per heavy atom. The molecule has 146 valence electrons. The Labute approximate surface area is 165 Å². The Kier molecular flexibility index (Phi) is 5.19. The van der Waals surface area contributed by atoms with Gasteiger partial charge in [0, 0.05) is 37.4 Å². The van der Waals surface area contributed by atoms with E-state index in [-0.39, 0.29) is 24.8 Å². The first-order valence-corrected chi connectivity index (χ1v) is 9.79. The van der Waals surface area contributed by atoms with Gasteiger partial charge in [-0.25, -0.2) is 0 Å². The second-order valence-corrected chi connectivity index (χ2v) is 7.30. The average Bonchev–Trinajstić information content (AvgIpc) is 3.22. The summed E-state index contributed by atoms with van der Waals surface area (Å²) in [5.41, 5.74) is 3.92. The maximum atomic E-state index is 12.4. The summed E-state index contributed by atoms with van der Waals surface area (Å²) < 4.78 is 5.44. The fourth-order valence-corrected chi connectivity index (χ4v) is 3.88. The summed E-state index contributed by atoms with van der Waals surface area (Å²) in [5, 5.41) is 2.95.